The molecule has 2 rings (SSSR count). The van der Waals surface area contributed by atoms with Crippen LogP contribution in [0.1, 0.15) is 12.5 Å². The molecule has 134 valence electrons. The summed E-state index contributed by atoms with van der Waals surface area (Å²) in [6.07, 6.45) is 3.32. The van der Waals surface area contributed by atoms with Crippen molar-refractivity contribution >= 4 is 47.1 Å². The van der Waals surface area contributed by atoms with E-state index in [-0.39, 0.29) is 5.91 Å². The van der Waals surface area contributed by atoms with Crippen LogP contribution in [0.3, 0.4) is 0 Å². The molecule has 0 aliphatic heterocycles. The second-order valence-electron chi connectivity index (χ2n) is 5.19. The Morgan fingerprint density at radius 1 is 0.962 bits per heavy atom. The molecular formula is C18H18N4O3S. The molecule has 0 spiro atoms. The molecule has 0 heterocycles. The number of hydrazone groups is 1. The summed E-state index contributed by atoms with van der Waals surface area (Å²) >= 11 is 1.54. The maximum atomic E-state index is 11.9. The number of hydrogen-bond donors (Lipinski definition) is 3. The fourth-order valence-corrected chi connectivity index (χ4v) is 2.42. The predicted octanol–water partition coefficient (Wildman–Crippen LogP) is 2.46. The summed E-state index contributed by atoms with van der Waals surface area (Å²) in [6, 6.07) is 14.0. The van der Waals surface area contributed by atoms with E-state index in [1.807, 2.05) is 12.3 Å². The number of rotatable bonds is 5. The average molecular weight is 370 g/mol. The number of anilines is 2. The van der Waals surface area contributed by atoms with Gasteiger partial charge < -0.3 is 10.6 Å². The number of hydrogen-bond acceptors (Lipinski definition) is 5. The van der Waals surface area contributed by atoms with Crippen molar-refractivity contribution in [1.82, 2.24) is 5.43 Å². The standard InChI is InChI=1S/C18H18N4O3S/c1-12(23)20-14-8-6-13(7-9-14)11-19-22-18(25)17(24)21-15-4-3-5-16(10-15)26-2/h3-11H,1-2H3,(H,20,23)(H,21,24)(H,22,25)/b19-11-. The van der Waals surface area contributed by atoms with Gasteiger partial charge in [0.1, 0.15) is 0 Å². The van der Waals surface area contributed by atoms with Gasteiger partial charge in [-0.05, 0) is 42.2 Å². The quantitative estimate of drug-likeness (QED) is 0.326. The van der Waals surface area contributed by atoms with Gasteiger partial charge >= 0.3 is 11.8 Å². The van der Waals surface area contributed by atoms with E-state index in [4.69, 9.17) is 0 Å². The van der Waals surface area contributed by atoms with E-state index in [0.717, 1.165) is 4.90 Å². The van der Waals surface area contributed by atoms with Gasteiger partial charge in [-0.15, -0.1) is 11.8 Å². The zero-order chi connectivity index (χ0) is 18.9. The highest BCUT2D eigenvalue weighted by atomic mass is 32.2. The van der Waals surface area contributed by atoms with Crippen LogP contribution in [0.5, 0.6) is 0 Å². The summed E-state index contributed by atoms with van der Waals surface area (Å²) in [6.45, 7) is 1.42. The second kappa shape index (κ2) is 9.38. The normalized spacial score (nSPS) is 10.4. The van der Waals surface area contributed by atoms with Gasteiger partial charge in [0, 0.05) is 23.2 Å². The SMILES string of the molecule is CSc1cccc(NC(=O)C(=O)N/N=C\c2ccc(NC(C)=O)cc2)c1. The van der Waals surface area contributed by atoms with E-state index in [0.29, 0.717) is 16.9 Å². The molecule has 0 unspecified atom stereocenters. The summed E-state index contributed by atoms with van der Waals surface area (Å²) in [5.41, 5.74) is 4.07. The lowest BCUT2D eigenvalue weighted by Gasteiger charge is -2.05. The van der Waals surface area contributed by atoms with Crippen LogP contribution in [0.4, 0.5) is 11.4 Å². The molecule has 2 aromatic rings. The van der Waals surface area contributed by atoms with Gasteiger partial charge in [-0.3, -0.25) is 14.4 Å². The molecule has 0 fully saturated rings. The minimum atomic E-state index is -0.870. The summed E-state index contributed by atoms with van der Waals surface area (Å²) < 4.78 is 0. The van der Waals surface area contributed by atoms with Crippen molar-refractivity contribution in [2.24, 2.45) is 5.10 Å². The number of thioether (sulfide) groups is 1. The van der Waals surface area contributed by atoms with E-state index in [2.05, 4.69) is 21.2 Å². The molecule has 3 amide bonds. The van der Waals surface area contributed by atoms with Crippen LogP contribution >= 0.6 is 11.8 Å². The minimum Gasteiger partial charge on any atom is -0.326 e. The van der Waals surface area contributed by atoms with Crippen molar-refractivity contribution in [3.05, 3.63) is 54.1 Å². The summed E-state index contributed by atoms with van der Waals surface area (Å²) in [4.78, 5) is 35.6. The molecule has 0 saturated carbocycles. The lowest BCUT2D eigenvalue weighted by Crippen LogP contribution is -2.32. The lowest BCUT2D eigenvalue weighted by atomic mass is 10.2. The van der Waals surface area contributed by atoms with E-state index in [1.165, 1.54) is 24.9 Å². The summed E-state index contributed by atoms with van der Waals surface area (Å²) in [5, 5.41) is 8.91. The van der Waals surface area contributed by atoms with Gasteiger partial charge in [-0.25, -0.2) is 5.43 Å². The van der Waals surface area contributed by atoms with Crippen molar-refractivity contribution in [2.45, 2.75) is 11.8 Å². The predicted molar refractivity (Wildman–Crippen MR) is 103 cm³/mol. The zero-order valence-electron chi connectivity index (χ0n) is 14.3. The summed E-state index contributed by atoms with van der Waals surface area (Å²) in [7, 11) is 0. The van der Waals surface area contributed by atoms with Crippen LogP contribution in [0.15, 0.2) is 58.5 Å². The Bertz CT molecular complexity index is 835. The first-order valence-electron chi connectivity index (χ1n) is 7.64. The molecule has 26 heavy (non-hydrogen) atoms. The molecule has 0 atom stereocenters. The lowest BCUT2D eigenvalue weighted by molar-refractivity contribution is -0.136. The monoisotopic (exact) mass is 370 g/mol. The Kier molecular flexibility index (Phi) is 6.92. The third-order valence-corrected chi connectivity index (χ3v) is 3.87. The van der Waals surface area contributed by atoms with Crippen LogP contribution in [-0.4, -0.2) is 30.2 Å². The smallest absolute Gasteiger partial charge is 0.326 e. The number of benzene rings is 2. The number of nitrogens with zero attached hydrogens (tertiary/aromatic N) is 1. The summed E-state index contributed by atoms with van der Waals surface area (Å²) in [5.74, 6) is -1.83. The average Bonchev–Trinajstić information content (AvgIpc) is 2.62. The third-order valence-electron chi connectivity index (χ3n) is 3.14. The molecule has 2 aromatic carbocycles. The molecule has 3 N–H and O–H groups in total. The Hall–Kier alpha value is -3.13. The molecule has 0 aliphatic carbocycles. The third kappa shape index (κ3) is 6.06. The first-order valence-corrected chi connectivity index (χ1v) is 8.86. The largest absolute Gasteiger partial charge is 0.329 e. The van der Waals surface area contributed by atoms with Crippen molar-refractivity contribution in [3.63, 3.8) is 0 Å². The second-order valence-corrected chi connectivity index (χ2v) is 6.07. The number of carbonyl (C=O) groups is 3. The van der Waals surface area contributed by atoms with Gasteiger partial charge in [0.2, 0.25) is 5.91 Å². The minimum absolute atomic E-state index is 0.159. The molecule has 0 radical (unpaired) electrons. The molecular weight excluding hydrogens is 352 g/mol. The Morgan fingerprint density at radius 2 is 1.69 bits per heavy atom. The molecule has 8 heteroatoms. The Morgan fingerprint density at radius 3 is 2.35 bits per heavy atom. The van der Waals surface area contributed by atoms with Gasteiger partial charge in [-0.2, -0.15) is 5.10 Å². The van der Waals surface area contributed by atoms with E-state index >= 15 is 0 Å². The fourth-order valence-electron chi connectivity index (χ4n) is 1.96. The highest BCUT2D eigenvalue weighted by Crippen LogP contribution is 2.18. The molecule has 0 aromatic heterocycles. The van der Waals surface area contributed by atoms with Gasteiger partial charge in [0.25, 0.3) is 0 Å². The maximum Gasteiger partial charge on any atom is 0.329 e. The van der Waals surface area contributed by atoms with Crippen molar-refractivity contribution in [1.29, 1.82) is 0 Å². The molecule has 0 bridgehead atoms. The van der Waals surface area contributed by atoms with Crippen LogP contribution in [-0.2, 0) is 14.4 Å². The van der Waals surface area contributed by atoms with Crippen LogP contribution in [0.25, 0.3) is 0 Å². The van der Waals surface area contributed by atoms with Crippen LogP contribution in [0, 0.1) is 0 Å². The Labute approximate surface area is 155 Å². The molecule has 0 aliphatic rings. The zero-order valence-corrected chi connectivity index (χ0v) is 15.1. The van der Waals surface area contributed by atoms with Gasteiger partial charge in [0.05, 0.1) is 6.21 Å². The molecule has 7 nitrogen and oxygen atoms in total. The number of nitrogens with one attached hydrogen (secondary N) is 3. The van der Waals surface area contributed by atoms with Crippen molar-refractivity contribution in [3.8, 4) is 0 Å². The van der Waals surface area contributed by atoms with Crippen molar-refractivity contribution in [2.75, 3.05) is 16.9 Å². The highest BCUT2D eigenvalue weighted by molar-refractivity contribution is 7.98. The molecule has 0 saturated heterocycles. The van der Waals surface area contributed by atoms with Crippen molar-refractivity contribution < 1.29 is 14.4 Å². The van der Waals surface area contributed by atoms with Gasteiger partial charge in [-0.1, -0.05) is 18.2 Å². The van der Waals surface area contributed by atoms with Crippen LogP contribution < -0.4 is 16.1 Å². The number of carbonyl (C=O) groups excluding carboxylic acids is 3. The maximum absolute atomic E-state index is 11.9. The van der Waals surface area contributed by atoms with Gasteiger partial charge in [0.15, 0.2) is 0 Å². The van der Waals surface area contributed by atoms with E-state index < -0.39 is 11.8 Å². The van der Waals surface area contributed by atoms with Crippen LogP contribution in [0.2, 0.25) is 0 Å². The van der Waals surface area contributed by atoms with E-state index in [1.54, 1.807) is 42.5 Å². The number of amides is 3. The Balaban J connectivity index is 1.87. The topological polar surface area (TPSA) is 99.7 Å². The first-order chi connectivity index (χ1) is 12.5. The first kappa shape index (κ1) is 19.2. The fraction of sp³-hybridized carbons (Fsp3) is 0.111. The van der Waals surface area contributed by atoms with E-state index in [9.17, 15) is 14.4 Å². The highest BCUT2D eigenvalue weighted by Gasteiger charge is 2.12.